The number of aromatic nitrogens is 2. The van der Waals surface area contributed by atoms with Crippen LogP contribution in [0.3, 0.4) is 0 Å². The summed E-state index contributed by atoms with van der Waals surface area (Å²) in [6.45, 7) is 4.24. The highest BCUT2D eigenvalue weighted by Gasteiger charge is 2.43. The van der Waals surface area contributed by atoms with E-state index in [1.54, 1.807) is 31.6 Å². The molecule has 10 nitrogen and oxygen atoms in total. The molecule has 0 aliphatic carbocycles. The molecule has 5 rings (SSSR count). The first-order valence-corrected chi connectivity index (χ1v) is 13.9. The second-order valence-corrected chi connectivity index (χ2v) is 11.1. The molecule has 2 aromatic heterocycles. The molecule has 0 bridgehead atoms. The third kappa shape index (κ3) is 5.75. The number of para-hydroxylation sites is 1. The first kappa shape index (κ1) is 28.5. The Hall–Kier alpha value is -4.02. The van der Waals surface area contributed by atoms with Gasteiger partial charge in [-0.3, -0.25) is 14.6 Å². The zero-order valence-electron chi connectivity index (χ0n) is 23.7. The highest BCUT2D eigenvalue weighted by molar-refractivity contribution is 6.32. The van der Waals surface area contributed by atoms with Crippen molar-refractivity contribution in [2.45, 2.75) is 25.3 Å². The Balaban J connectivity index is 1.45. The Labute approximate surface area is 244 Å². The molecule has 1 fully saturated rings. The first-order valence-electron chi connectivity index (χ1n) is 13.5. The van der Waals surface area contributed by atoms with E-state index in [1.165, 1.54) is 0 Å². The van der Waals surface area contributed by atoms with Crippen LogP contribution in [0.25, 0.3) is 11.3 Å². The Bertz CT molecular complexity index is 1490. The van der Waals surface area contributed by atoms with Gasteiger partial charge in [0.05, 0.1) is 46.5 Å². The predicted molar refractivity (Wildman–Crippen MR) is 159 cm³/mol. The van der Waals surface area contributed by atoms with Gasteiger partial charge in [-0.1, -0.05) is 23.7 Å². The molecule has 0 spiro atoms. The van der Waals surface area contributed by atoms with Crippen molar-refractivity contribution < 1.29 is 19.1 Å². The van der Waals surface area contributed by atoms with Crippen molar-refractivity contribution in [2.75, 3.05) is 52.8 Å². The summed E-state index contributed by atoms with van der Waals surface area (Å²) in [5, 5.41) is 6.78. The number of benzene rings is 1. The van der Waals surface area contributed by atoms with E-state index in [0.29, 0.717) is 71.8 Å². The van der Waals surface area contributed by atoms with E-state index >= 15 is 0 Å². The molecule has 0 saturated carbocycles. The minimum Gasteiger partial charge on any atom is -0.493 e. The molecule has 2 aliphatic rings. The molecule has 3 N–H and O–H groups in total. The predicted octanol–water partition coefficient (Wildman–Crippen LogP) is 4.26. The monoisotopic (exact) mass is 578 g/mol. The lowest BCUT2D eigenvalue weighted by Gasteiger charge is -2.49. The van der Waals surface area contributed by atoms with E-state index < -0.39 is 5.54 Å². The lowest BCUT2D eigenvalue weighted by molar-refractivity contribution is -0.143. The highest BCUT2D eigenvalue weighted by atomic mass is 35.5. The number of methoxy groups -OCH3 is 1. The van der Waals surface area contributed by atoms with Gasteiger partial charge in [0.25, 0.3) is 5.91 Å². The lowest BCUT2D eigenvalue weighted by Crippen LogP contribution is -2.62. The molecular weight excluding hydrogens is 544 g/mol. The lowest BCUT2D eigenvalue weighted by atomic mass is 9.87. The average Bonchev–Trinajstić information content (AvgIpc) is 3.30. The van der Waals surface area contributed by atoms with Gasteiger partial charge in [-0.05, 0) is 45.6 Å². The standard InChI is InChI=1S/C30H35ClN6O4/c1-30(12-16-37(30)24(38)9-6-15-36(2)3)18-41-23-17-32-13-10-19(23)26-27(25-21(34-26)11-14-33-29(25)39)35-22-8-5-7-20(31)28(22)40-4/h5-10,13,17,34-35H,11-12,14-16,18H2,1-4H3,(H,33,39)/b9-6+/t30-/m1/s1. The van der Waals surface area contributed by atoms with E-state index in [0.717, 1.165) is 17.7 Å². The number of fused-ring (bicyclic) bond motifs is 1. The van der Waals surface area contributed by atoms with Crippen LogP contribution in [0.1, 0.15) is 29.4 Å². The largest absolute Gasteiger partial charge is 0.493 e. The fraction of sp³-hybridized carbons (Fsp3) is 0.367. The van der Waals surface area contributed by atoms with Crippen molar-refractivity contribution >= 4 is 34.8 Å². The Morgan fingerprint density at radius 2 is 2.15 bits per heavy atom. The summed E-state index contributed by atoms with van der Waals surface area (Å²) in [5.74, 6) is 0.809. The third-order valence-electron chi connectivity index (χ3n) is 7.51. The number of nitrogens with one attached hydrogen (secondary N) is 3. The molecular formula is C30H35ClN6O4. The Kier molecular flexibility index (Phi) is 8.23. The summed E-state index contributed by atoms with van der Waals surface area (Å²) >= 11 is 6.39. The molecule has 0 unspecified atom stereocenters. The zero-order valence-corrected chi connectivity index (χ0v) is 24.5. The van der Waals surface area contributed by atoms with E-state index in [4.69, 9.17) is 21.1 Å². The number of anilines is 2. The SMILES string of the molecule is COc1c(Cl)cccc1Nc1c(-c2ccncc2OC[C@@]2(C)CCN2C(=O)/C=C/CN(C)C)[nH]c2c1C(=O)NCC2. The molecule has 0 radical (unpaired) electrons. The number of ether oxygens (including phenoxy) is 2. The fourth-order valence-electron chi connectivity index (χ4n) is 5.18. The van der Waals surface area contributed by atoms with Gasteiger partial charge in [0, 0.05) is 49.6 Å². The molecule has 1 atom stereocenters. The van der Waals surface area contributed by atoms with E-state index in [9.17, 15) is 9.59 Å². The summed E-state index contributed by atoms with van der Waals surface area (Å²) < 4.78 is 11.9. The maximum absolute atomic E-state index is 13.0. The minimum absolute atomic E-state index is 0.0272. The van der Waals surface area contributed by atoms with Crippen molar-refractivity contribution in [3.05, 3.63) is 65.1 Å². The van der Waals surface area contributed by atoms with E-state index in [2.05, 4.69) is 20.6 Å². The van der Waals surface area contributed by atoms with Gasteiger partial charge in [-0.2, -0.15) is 0 Å². The molecule has 41 heavy (non-hydrogen) atoms. The number of likely N-dealkylation sites (tertiary alicyclic amines) is 1. The minimum atomic E-state index is -0.448. The van der Waals surface area contributed by atoms with Gasteiger partial charge in [0.15, 0.2) is 5.75 Å². The first-order chi connectivity index (χ1) is 19.7. The molecule has 4 heterocycles. The van der Waals surface area contributed by atoms with Crippen LogP contribution in [0.5, 0.6) is 11.5 Å². The molecule has 3 aromatic rings. The second kappa shape index (κ2) is 11.8. The van der Waals surface area contributed by atoms with Crippen LogP contribution < -0.4 is 20.1 Å². The van der Waals surface area contributed by atoms with Crippen LogP contribution in [0.4, 0.5) is 11.4 Å². The molecule has 11 heteroatoms. The van der Waals surface area contributed by atoms with Gasteiger partial charge in [0.2, 0.25) is 5.91 Å². The van der Waals surface area contributed by atoms with E-state index in [1.807, 2.05) is 55.1 Å². The summed E-state index contributed by atoms with van der Waals surface area (Å²) in [4.78, 5) is 37.5. The third-order valence-corrected chi connectivity index (χ3v) is 7.81. The van der Waals surface area contributed by atoms with Gasteiger partial charge in [-0.25, -0.2) is 0 Å². The zero-order chi connectivity index (χ0) is 29.1. The number of carbonyl (C=O) groups excluding carboxylic acids is 2. The van der Waals surface area contributed by atoms with Crippen LogP contribution in [-0.4, -0.2) is 84.6 Å². The maximum Gasteiger partial charge on any atom is 0.255 e. The average molecular weight is 579 g/mol. The van der Waals surface area contributed by atoms with Crippen LogP contribution in [0.15, 0.2) is 48.8 Å². The van der Waals surface area contributed by atoms with Gasteiger partial charge in [-0.15, -0.1) is 0 Å². The number of amides is 2. The summed E-state index contributed by atoms with van der Waals surface area (Å²) in [6, 6.07) is 7.25. The number of nitrogens with zero attached hydrogens (tertiary/aromatic N) is 3. The summed E-state index contributed by atoms with van der Waals surface area (Å²) in [7, 11) is 5.47. The number of hydrogen-bond donors (Lipinski definition) is 3. The van der Waals surface area contributed by atoms with Crippen molar-refractivity contribution in [1.82, 2.24) is 25.1 Å². The number of likely N-dealkylation sites (N-methyl/N-ethyl adjacent to an activating group) is 1. The quantitative estimate of drug-likeness (QED) is 0.308. The number of pyridine rings is 1. The number of aromatic amines is 1. The molecule has 2 amide bonds. The molecule has 1 aromatic carbocycles. The van der Waals surface area contributed by atoms with Crippen LogP contribution in [0, 0.1) is 0 Å². The van der Waals surface area contributed by atoms with Crippen LogP contribution >= 0.6 is 11.6 Å². The van der Waals surface area contributed by atoms with Crippen LogP contribution in [0.2, 0.25) is 5.02 Å². The smallest absolute Gasteiger partial charge is 0.255 e. The van der Waals surface area contributed by atoms with Gasteiger partial charge in [0.1, 0.15) is 12.4 Å². The summed E-state index contributed by atoms with van der Waals surface area (Å²) in [5.41, 5.74) is 3.53. The van der Waals surface area contributed by atoms with Crippen molar-refractivity contribution in [1.29, 1.82) is 0 Å². The van der Waals surface area contributed by atoms with Gasteiger partial charge < -0.3 is 34.9 Å². The van der Waals surface area contributed by atoms with Crippen molar-refractivity contribution in [2.24, 2.45) is 0 Å². The number of H-pyrrole nitrogens is 1. The topological polar surface area (TPSA) is 112 Å². The maximum atomic E-state index is 13.0. The highest BCUT2D eigenvalue weighted by Crippen LogP contribution is 2.43. The number of hydrogen-bond acceptors (Lipinski definition) is 7. The molecule has 1 saturated heterocycles. The van der Waals surface area contributed by atoms with Gasteiger partial charge >= 0.3 is 0 Å². The number of carbonyl (C=O) groups is 2. The normalized spacial score (nSPS) is 18.2. The molecule has 2 aliphatic heterocycles. The molecule has 216 valence electrons. The second-order valence-electron chi connectivity index (χ2n) is 10.7. The Morgan fingerprint density at radius 1 is 1.32 bits per heavy atom. The van der Waals surface area contributed by atoms with Crippen molar-refractivity contribution in [3.63, 3.8) is 0 Å². The van der Waals surface area contributed by atoms with Crippen molar-refractivity contribution in [3.8, 4) is 22.8 Å². The van der Waals surface area contributed by atoms with Crippen LogP contribution in [-0.2, 0) is 11.2 Å². The Morgan fingerprint density at radius 3 is 2.88 bits per heavy atom. The number of halogens is 1. The summed E-state index contributed by atoms with van der Waals surface area (Å²) in [6.07, 6.45) is 8.32. The fourth-order valence-corrected chi connectivity index (χ4v) is 5.43. The number of rotatable bonds is 10. The van der Waals surface area contributed by atoms with E-state index in [-0.39, 0.29) is 11.8 Å².